The molecule has 0 fully saturated rings. The number of hydrazone groups is 1. The molecule has 4 rings (SSSR count). The van der Waals surface area contributed by atoms with Gasteiger partial charge < -0.3 is 4.57 Å². The molecule has 0 radical (unpaired) electrons. The second-order valence-electron chi connectivity index (χ2n) is 6.96. The van der Waals surface area contributed by atoms with Crippen LogP contribution in [0.2, 0.25) is 0 Å². The molecule has 0 atom stereocenters. The summed E-state index contributed by atoms with van der Waals surface area (Å²) in [6.07, 6.45) is 3.72. The molecule has 0 spiro atoms. The van der Waals surface area contributed by atoms with E-state index in [0.717, 1.165) is 32.6 Å². The summed E-state index contributed by atoms with van der Waals surface area (Å²) >= 11 is 3.40. The highest BCUT2D eigenvalue weighted by Crippen LogP contribution is 2.31. The Labute approximate surface area is 189 Å². The quantitative estimate of drug-likeness (QED) is 0.284. The van der Waals surface area contributed by atoms with E-state index in [0.29, 0.717) is 13.0 Å². The lowest BCUT2D eigenvalue weighted by Crippen LogP contribution is -2.19. The van der Waals surface area contributed by atoms with Gasteiger partial charge in [0.1, 0.15) is 0 Å². The minimum Gasteiger partial charge on any atom is -0.330 e. The van der Waals surface area contributed by atoms with Crippen LogP contribution in [0, 0.1) is 0 Å². The molecule has 1 amide bonds. The zero-order valence-corrected chi connectivity index (χ0v) is 18.4. The molecular weight excluding hydrogens is 452 g/mol. The molecule has 1 N–H and O–H groups in total. The van der Waals surface area contributed by atoms with Crippen molar-refractivity contribution in [1.29, 1.82) is 0 Å². The molecule has 0 bridgehead atoms. The standard InChI is InChI=1S/C25H21BrN4O/c26-22-13-11-19(12-14-22)17-28-29-23(31)15-16-30-18-27-24(20-7-3-1-4-8-20)25(30)21-9-5-2-6-10-21/h1-14,17-18H,15-16H2,(H,29,31). The van der Waals surface area contributed by atoms with Crippen molar-refractivity contribution in [2.24, 2.45) is 5.10 Å². The van der Waals surface area contributed by atoms with Gasteiger partial charge in [-0.25, -0.2) is 10.4 Å². The summed E-state index contributed by atoms with van der Waals surface area (Å²) < 4.78 is 3.02. The number of hydrogen-bond donors (Lipinski definition) is 1. The summed E-state index contributed by atoms with van der Waals surface area (Å²) in [5, 5.41) is 4.05. The van der Waals surface area contributed by atoms with Crippen LogP contribution in [0.4, 0.5) is 0 Å². The Bertz CT molecular complexity index is 1170. The summed E-state index contributed by atoms with van der Waals surface area (Å²) in [6.45, 7) is 0.504. The van der Waals surface area contributed by atoms with Crippen molar-refractivity contribution in [3.63, 3.8) is 0 Å². The van der Waals surface area contributed by atoms with Crippen molar-refractivity contribution in [3.05, 3.63) is 101 Å². The third kappa shape index (κ3) is 5.35. The van der Waals surface area contributed by atoms with E-state index in [1.54, 1.807) is 12.5 Å². The Balaban J connectivity index is 1.47. The number of imidazole rings is 1. The molecule has 0 aliphatic carbocycles. The molecular formula is C25H21BrN4O. The van der Waals surface area contributed by atoms with Gasteiger partial charge in [0.15, 0.2) is 0 Å². The molecule has 3 aromatic carbocycles. The van der Waals surface area contributed by atoms with E-state index in [2.05, 4.69) is 43.6 Å². The van der Waals surface area contributed by atoms with Crippen LogP contribution in [-0.2, 0) is 11.3 Å². The summed E-state index contributed by atoms with van der Waals surface area (Å²) in [4.78, 5) is 17.0. The second-order valence-corrected chi connectivity index (χ2v) is 7.88. The second kappa shape index (κ2) is 10.00. The van der Waals surface area contributed by atoms with Crippen LogP contribution >= 0.6 is 15.9 Å². The van der Waals surface area contributed by atoms with Crippen molar-refractivity contribution < 1.29 is 4.79 Å². The van der Waals surface area contributed by atoms with Gasteiger partial charge in [0.05, 0.1) is 23.9 Å². The van der Waals surface area contributed by atoms with Crippen molar-refractivity contribution in [2.45, 2.75) is 13.0 Å². The molecule has 5 nitrogen and oxygen atoms in total. The average molecular weight is 473 g/mol. The number of hydrogen-bond acceptors (Lipinski definition) is 3. The molecule has 0 unspecified atom stereocenters. The van der Waals surface area contributed by atoms with Gasteiger partial charge in [-0.05, 0) is 17.7 Å². The third-order valence-electron chi connectivity index (χ3n) is 4.78. The number of halogens is 1. The summed E-state index contributed by atoms with van der Waals surface area (Å²) in [6, 6.07) is 27.9. The Morgan fingerprint density at radius 1 is 0.935 bits per heavy atom. The van der Waals surface area contributed by atoms with Crippen LogP contribution in [0.1, 0.15) is 12.0 Å². The van der Waals surface area contributed by atoms with Gasteiger partial charge in [-0.3, -0.25) is 4.79 Å². The highest BCUT2D eigenvalue weighted by atomic mass is 79.9. The normalized spacial score (nSPS) is 11.0. The molecule has 31 heavy (non-hydrogen) atoms. The maximum atomic E-state index is 12.3. The molecule has 6 heteroatoms. The average Bonchev–Trinajstić information content (AvgIpc) is 3.24. The monoisotopic (exact) mass is 472 g/mol. The van der Waals surface area contributed by atoms with Gasteiger partial charge in [-0.15, -0.1) is 0 Å². The topological polar surface area (TPSA) is 59.3 Å². The molecule has 154 valence electrons. The van der Waals surface area contributed by atoms with Gasteiger partial charge >= 0.3 is 0 Å². The Kier molecular flexibility index (Phi) is 6.69. The Morgan fingerprint density at radius 2 is 1.58 bits per heavy atom. The number of benzene rings is 3. The van der Waals surface area contributed by atoms with E-state index in [-0.39, 0.29) is 5.91 Å². The first-order chi connectivity index (χ1) is 15.2. The van der Waals surface area contributed by atoms with E-state index in [1.165, 1.54) is 0 Å². The lowest BCUT2D eigenvalue weighted by atomic mass is 10.0. The number of carbonyl (C=O) groups is 1. The first-order valence-corrected chi connectivity index (χ1v) is 10.7. The summed E-state index contributed by atoms with van der Waals surface area (Å²) in [5.41, 5.74) is 7.52. The number of rotatable bonds is 7. The van der Waals surface area contributed by atoms with E-state index in [4.69, 9.17) is 0 Å². The van der Waals surface area contributed by atoms with Crippen molar-refractivity contribution in [1.82, 2.24) is 15.0 Å². The van der Waals surface area contributed by atoms with E-state index in [1.807, 2.05) is 77.4 Å². The fraction of sp³-hybridized carbons (Fsp3) is 0.0800. The molecule has 0 aliphatic rings. The van der Waals surface area contributed by atoms with Gasteiger partial charge in [0.25, 0.3) is 0 Å². The minimum atomic E-state index is -0.151. The SMILES string of the molecule is O=C(CCn1cnc(-c2ccccc2)c1-c1ccccc1)NN=Cc1ccc(Br)cc1. The molecule has 4 aromatic rings. The largest absolute Gasteiger partial charge is 0.330 e. The maximum absolute atomic E-state index is 12.3. The lowest BCUT2D eigenvalue weighted by Gasteiger charge is -2.10. The van der Waals surface area contributed by atoms with E-state index in [9.17, 15) is 4.79 Å². The van der Waals surface area contributed by atoms with Gasteiger partial charge in [0, 0.05) is 28.6 Å². The van der Waals surface area contributed by atoms with Gasteiger partial charge in [0.2, 0.25) is 5.91 Å². The van der Waals surface area contributed by atoms with Crippen molar-refractivity contribution in [3.8, 4) is 22.5 Å². The Hall–Kier alpha value is -3.51. The number of aromatic nitrogens is 2. The van der Waals surface area contributed by atoms with Crippen LogP contribution in [-0.4, -0.2) is 21.7 Å². The number of aryl methyl sites for hydroxylation is 1. The molecule has 0 aliphatic heterocycles. The van der Waals surface area contributed by atoms with Crippen LogP contribution in [0.5, 0.6) is 0 Å². The minimum absolute atomic E-state index is 0.151. The first kappa shape index (κ1) is 20.8. The Morgan fingerprint density at radius 3 is 2.26 bits per heavy atom. The predicted octanol–water partition coefficient (Wildman–Crippen LogP) is 5.52. The molecule has 0 saturated carbocycles. The molecule has 1 aromatic heterocycles. The highest BCUT2D eigenvalue weighted by molar-refractivity contribution is 9.10. The maximum Gasteiger partial charge on any atom is 0.241 e. The van der Waals surface area contributed by atoms with Crippen molar-refractivity contribution >= 4 is 28.1 Å². The number of amides is 1. The van der Waals surface area contributed by atoms with Crippen LogP contribution in [0.25, 0.3) is 22.5 Å². The number of carbonyl (C=O) groups excluding carboxylic acids is 1. The smallest absolute Gasteiger partial charge is 0.241 e. The highest BCUT2D eigenvalue weighted by Gasteiger charge is 2.15. The molecule has 1 heterocycles. The van der Waals surface area contributed by atoms with Crippen LogP contribution in [0.15, 0.2) is 101 Å². The molecule has 0 saturated heterocycles. The summed E-state index contributed by atoms with van der Waals surface area (Å²) in [5.74, 6) is -0.151. The number of nitrogens with one attached hydrogen (secondary N) is 1. The van der Waals surface area contributed by atoms with Crippen molar-refractivity contribution in [2.75, 3.05) is 0 Å². The van der Waals surface area contributed by atoms with E-state index < -0.39 is 0 Å². The number of nitrogens with zero attached hydrogens (tertiary/aromatic N) is 3. The van der Waals surface area contributed by atoms with Gasteiger partial charge in [-0.2, -0.15) is 5.10 Å². The zero-order chi connectivity index (χ0) is 21.5. The lowest BCUT2D eigenvalue weighted by molar-refractivity contribution is -0.121. The zero-order valence-electron chi connectivity index (χ0n) is 16.8. The van der Waals surface area contributed by atoms with E-state index >= 15 is 0 Å². The summed E-state index contributed by atoms with van der Waals surface area (Å²) in [7, 11) is 0. The van der Waals surface area contributed by atoms with Crippen LogP contribution < -0.4 is 5.43 Å². The first-order valence-electron chi connectivity index (χ1n) is 9.94. The van der Waals surface area contributed by atoms with Crippen LogP contribution in [0.3, 0.4) is 0 Å². The third-order valence-corrected chi connectivity index (χ3v) is 5.31. The van der Waals surface area contributed by atoms with Gasteiger partial charge in [-0.1, -0.05) is 88.7 Å². The fourth-order valence-electron chi connectivity index (χ4n) is 3.26. The fourth-order valence-corrected chi connectivity index (χ4v) is 3.53. The predicted molar refractivity (Wildman–Crippen MR) is 128 cm³/mol.